The maximum absolute atomic E-state index is 13.1. The number of benzene rings is 1. The number of alkyl halides is 3. The number of rotatable bonds is 6. The molecule has 0 spiro atoms. The van der Waals surface area contributed by atoms with Crippen LogP contribution in [-0.4, -0.2) is 35.2 Å². The number of hydrogen-bond acceptors (Lipinski definition) is 6. The van der Waals surface area contributed by atoms with Crippen molar-refractivity contribution in [1.29, 1.82) is 0 Å². The molecule has 1 aromatic rings. The van der Waals surface area contributed by atoms with Crippen LogP contribution >= 0.6 is 0 Å². The summed E-state index contributed by atoms with van der Waals surface area (Å²) >= 11 is 0. The average Bonchev–Trinajstić information content (AvgIpc) is 2.58. The molecule has 1 N–H and O–H groups in total. The maximum Gasteiger partial charge on any atom is 0.423 e. The van der Waals surface area contributed by atoms with Gasteiger partial charge in [0.2, 0.25) is 0 Å². The second-order valence-electron chi connectivity index (χ2n) is 8.00. The summed E-state index contributed by atoms with van der Waals surface area (Å²) in [7, 11) is 0. The first-order chi connectivity index (χ1) is 13.3. The van der Waals surface area contributed by atoms with Crippen LogP contribution in [0.25, 0.3) is 0 Å². The average molecular weight is 418 g/mol. The molecule has 0 heterocycles. The Balaban J connectivity index is 1.88. The Morgan fingerprint density at radius 3 is 2.34 bits per heavy atom. The van der Waals surface area contributed by atoms with Gasteiger partial charge in [-0.15, -0.1) is 0 Å². The molecule has 0 saturated heterocycles. The Morgan fingerprint density at radius 1 is 1.21 bits per heavy atom. The third kappa shape index (κ3) is 7.19. The van der Waals surface area contributed by atoms with E-state index in [4.69, 9.17) is 9.47 Å². The van der Waals surface area contributed by atoms with E-state index in [1.54, 1.807) is 20.8 Å². The number of halogens is 3. The van der Waals surface area contributed by atoms with Crippen molar-refractivity contribution in [3.63, 3.8) is 0 Å². The van der Waals surface area contributed by atoms with Gasteiger partial charge in [0.1, 0.15) is 17.8 Å². The molecule has 0 unspecified atom stereocenters. The molecule has 7 nitrogen and oxygen atoms in total. The highest BCUT2D eigenvalue weighted by molar-refractivity contribution is 5.71. The second-order valence-corrected chi connectivity index (χ2v) is 8.00. The fourth-order valence-corrected chi connectivity index (χ4v) is 3.18. The fraction of sp³-hybridized carbons (Fsp3) is 0.632. The van der Waals surface area contributed by atoms with Gasteiger partial charge in [-0.05, 0) is 58.6 Å². The van der Waals surface area contributed by atoms with Gasteiger partial charge in [0.25, 0.3) is 5.69 Å². The quantitative estimate of drug-likeness (QED) is 0.409. The van der Waals surface area contributed by atoms with Crippen LogP contribution in [0.15, 0.2) is 18.2 Å². The molecule has 2 rings (SSSR count). The highest BCUT2D eigenvalue weighted by Gasteiger charge is 2.38. The lowest BCUT2D eigenvalue weighted by Gasteiger charge is -2.30. The topological polar surface area (TPSA) is 90.7 Å². The van der Waals surface area contributed by atoms with Gasteiger partial charge >= 0.3 is 12.1 Å². The van der Waals surface area contributed by atoms with Gasteiger partial charge < -0.3 is 14.8 Å². The van der Waals surface area contributed by atoms with E-state index in [0.29, 0.717) is 25.7 Å². The molecule has 1 aliphatic carbocycles. The van der Waals surface area contributed by atoms with Crippen molar-refractivity contribution in [3.05, 3.63) is 33.9 Å². The SMILES string of the molecule is CC(C)(C)OC(=O)COC1CCC(Nc2ccc([N+](=O)[O-])c(C(F)(F)F)c2)CC1. The number of anilines is 1. The molecule has 0 aromatic heterocycles. The summed E-state index contributed by atoms with van der Waals surface area (Å²) in [6.07, 6.45) is -2.38. The molecule has 0 amide bonds. The predicted octanol–water partition coefficient (Wildman–Crippen LogP) is 4.70. The zero-order valence-electron chi connectivity index (χ0n) is 16.5. The van der Waals surface area contributed by atoms with Crippen LogP contribution in [0, 0.1) is 10.1 Å². The number of hydrogen-bond donors (Lipinski definition) is 1. The molecule has 1 aromatic carbocycles. The van der Waals surface area contributed by atoms with Gasteiger partial charge in [0, 0.05) is 17.8 Å². The molecule has 0 aliphatic heterocycles. The van der Waals surface area contributed by atoms with Crippen LogP contribution in [0.3, 0.4) is 0 Å². The van der Waals surface area contributed by atoms with E-state index in [9.17, 15) is 28.1 Å². The van der Waals surface area contributed by atoms with E-state index in [1.165, 1.54) is 6.07 Å². The minimum atomic E-state index is -4.81. The fourth-order valence-electron chi connectivity index (χ4n) is 3.18. The number of carbonyl (C=O) groups excluding carboxylic acids is 1. The highest BCUT2D eigenvalue weighted by Crippen LogP contribution is 2.38. The molecular weight excluding hydrogens is 393 g/mol. The lowest BCUT2D eigenvalue weighted by molar-refractivity contribution is -0.388. The highest BCUT2D eigenvalue weighted by atomic mass is 19.4. The molecule has 1 aliphatic rings. The Hall–Kier alpha value is -2.36. The first-order valence-corrected chi connectivity index (χ1v) is 9.31. The molecular formula is C19H25F3N2O5. The summed E-state index contributed by atoms with van der Waals surface area (Å²) in [5.74, 6) is -0.441. The zero-order chi connectivity index (χ0) is 21.8. The minimum Gasteiger partial charge on any atom is -0.458 e. The Labute approximate surface area is 166 Å². The van der Waals surface area contributed by atoms with Gasteiger partial charge in [0.05, 0.1) is 11.0 Å². The number of nitrogens with one attached hydrogen (secondary N) is 1. The standard InChI is InChI=1S/C19H25F3N2O5/c1-18(2,3)29-17(25)11-28-14-7-4-12(5-8-14)23-13-6-9-16(24(26)27)15(10-13)19(20,21)22/h6,9-10,12,14,23H,4-5,7-8,11H2,1-3H3. The van der Waals surface area contributed by atoms with Crippen molar-refractivity contribution >= 4 is 17.3 Å². The van der Waals surface area contributed by atoms with Gasteiger partial charge in [0.15, 0.2) is 0 Å². The van der Waals surface area contributed by atoms with Crippen LogP contribution < -0.4 is 5.32 Å². The lowest BCUT2D eigenvalue weighted by Crippen LogP contribution is -2.32. The van der Waals surface area contributed by atoms with Crippen molar-refractivity contribution in [1.82, 2.24) is 0 Å². The van der Waals surface area contributed by atoms with Gasteiger partial charge in [-0.2, -0.15) is 13.2 Å². The van der Waals surface area contributed by atoms with Crippen LogP contribution in [0.1, 0.15) is 52.0 Å². The zero-order valence-corrected chi connectivity index (χ0v) is 16.5. The van der Waals surface area contributed by atoms with Crippen molar-refractivity contribution in [3.8, 4) is 0 Å². The number of nitro benzene ring substituents is 1. The van der Waals surface area contributed by atoms with E-state index >= 15 is 0 Å². The summed E-state index contributed by atoms with van der Waals surface area (Å²) in [5.41, 5.74) is -2.65. The molecule has 0 atom stereocenters. The first-order valence-electron chi connectivity index (χ1n) is 9.31. The lowest BCUT2D eigenvalue weighted by atomic mass is 9.92. The third-order valence-corrected chi connectivity index (χ3v) is 4.40. The Bertz CT molecular complexity index is 738. The van der Waals surface area contributed by atoms with Gasteiger partial charge in [-0.1, -0.05) is 0 Å². The van der Waals surface area contributed by atoms with E-state index in [1.807, 2.05) is 0 Å². The summed E-state index contributed by atoms with van der Waals surface area (Å²) in [5, 5.41) is 13.8. The van der Waals surface area contributed by atoms with Crippen molar-refractivity contribution in [2.75, 3.05) is 11.9 Å². The number of ether oxygens (including phenoxy) is 2. The van der Waals surface area contributed by atoms with E-state index < -0.39 is 33.9 Å². The molecule has 1 fully saturated rings. The van der Waals surface area contributed by atoms with Crippen LogP contribution in [0.2, 0.25) is 0 Å². The van der Waals surface area contributed by atoms with E-state index in [-0.39, 0.29) is 24.4 Å². The van der Waals surface area contributed by atoms with E-state index in [2.05, 4.69) is 5.32 Å². The molecule has 162 valence electrons. The molecule has 0 radical (unpaired) electrons. The van der Waals surface area contributed by atoms with E-state index in [0.717, 1.165) is 12.1 Å². The molecule has 1 saturated carbocycles. The summed E-state index contributed by atoms with van der Waals surface area (Å²) in [4.78, 5) is 21.5. The minimum absolute atomic E-state index is 0.0843. The number of carbonyl (C=O) groups is 1. The molecule has 10 heteroatoms. The third-order valence-electron chi connectivity index (χ3n) is 4.40. The maximum atomic E-state index is 13.1. The van der Waals surface area contributed by atoms with Crippen molar-refractivity contribution in [2.24, 2.45) is 0 Å². The van der Waals surface area contributed by atoms with Crippen molar-refractivity contribution in [2.45, 2.75) is 70.4 Å². The smallest absolute Gasteiger partial charge is 0.423 e. The number of nitrogens with zero attached hydrogens (tertiary/aromatic N) is 1. The summed E-state index contributed by atoms with van der Waals surface area (Å²) < 4.78 is 50.0. The normalized spacial score (nSPS) is 20.2. The van der Waals surface area contributed by atoms with Crippen LogP contribution in [0.4, 0.5) is 24.5 Å². The van der Waals surface area contributed by atoms with Crippen LogP contribution in [0.5, 0.6) is 0 Å². The van der Waals surface area contributed by atoms with Gasteiger partial charge in [-0.3, -0.25) is 10.1 Å². The summed E-state index contributed by atoms with van der Waals surface area (Å²) in [6.45, 7) is 5.16. The second kappa shape index (κ2) is 8.98. The number of esters is 1. The molecule has 29 heavy (non-hydrogen) atoms. The summed E-state index contributed by atoms with van der Waals surface area (Å²) in [6, 6.07) is 2.82. The predicted molar refractivity (Wildman–Crippen MR) is 99.6 cm³/mol. The Kier molecular flexibility index (Phi) is 7.10. The first kappa shape index (κ1) is 22.9. The molecule has 0 bridgehead atoms. The van der Waals surface area contributed by atoms with Crippen LogP contribution in [-0.2, 0) is 20.4 Å². The number of nitro groups is 1. The van der Waals surface area contributed by atoms with Crippen molar-refractivity contribution < 1.29 is 32.4 Å². The Morgan fingerprint density at radius 2 is 1.83 bits per heavy atom. The van der Waals surface area contributed by atoms with Gasteiger partial charge in [-0.25, -0.2) is 4.79 Å². The largest absolute Gasteiger partial charge is 0.458 e. The monoisotopic (exact) mass is 418 g/mol.